The van der Waals surface area contributed by atoms with E-state index < -0.39 is 5.91 Å². The van der Waals surface area contributed by atoms with Crippen molar-refractivity contribution in [2.24, 2.45) is 0 Å². The van der Waals surface area contributed by atoms with E-state index in [2.05, 4.69) is 15.5 Å². The number of benzene rings is 1. The summed E-state index contributed by atoms with van der Waals surface area (Å²) < 4.78 is 10.3. The molecule has 0 atom stereocenters. The van der Waals surface area contributed by atoms with Gasteiger partial charge in [0.05, 0.1) is 7.11 Å². The first-order chi connectivity index (χ1) is 9.10. The molecule has 0 aliphatic carbocycles. The first-order valence-electron chi connectivity index (χ1n) is 5.89. The summed E-state index contributed by atoms with van der Waals surface area (Å²) in [6, 6.07) is 6.97. The molecular formula is C13H15N3O3. The summed E-state index contributed by atoms with van der Waals surface area (Å²) in [5, 5.41) is 10.2. The van der Waals surface area contributed by atoms with Gasteiger partial charge < -0.3 is 14.5 Å². The van der Waals surface area contributed by atoms with Gasteiger partial charge in [0.1, 0.15) is 5.75 Å². The van der Waals surface area contributed by atoms with Crippen LogP contribution in [-0.4, -0.2) is 23.2 Å². The van der Waals surface area contributed by atoms with Crippen molar-refractivity contribution in [2.75, 3.05) is 12.4 Å². The molecule has 1 N–H and O–H groups in total. The fourth-order valence-corrected chi connectivity index (χ4v) is 1.42. The number of amides is 1. The smallest absolute Gasteiger partial charge is 0.313 e. The zero-order chi connectivity index (χ0) is 13.8. The van der Waals surface area contributed by atoms with Gasteiger partial charge in [0.25, 0.3) is 0 Å². The average molecular weight is 261 g/mol. The number of rotatable bonds is 4. The number of carbonyl (C=O) groups is 1. The molecule has 0 aliphatic rings. The number of nitrogens with one attached hydrogen (secondary N) is 1. The average Bonchev–Trinajstić information content (AvgIpc) is 2.89. The maximum atomic E-state index is 11.9. The molecular weight excluding hydrogens is 246 g/mol. The third kappa shape index (κ3) is 3.09. The zero-order valence-electron chi connectivity index (χ0n) is 11.0. The van der Waals surface area contributed by atoms with Crippen molar-refractivity contribution < 1.29 is 13.9 Å². The van der Waals surface area contributed by atoms with Gasteiger partial charge >= 0.3 is 11.8 Å². The summed E-state index contributed by atoms with van der Waals surface area (Å²) in [6.07, 6.45) is 0. The normalized spacial score (nSPS) is 10.5. The Morgan fingerprint density at radius 1 is 1.26 bits per heavy atom. The largest absolute Gasteiger partial charge is 0.497 e. The molecule has 0 aliphatic heterocycles. The highest BCUT2D eigenvalue weighted by atomic mass is 16.5. The second-order valence-electron chi connectivity index (χ2n) is 4.28. The summed E-state index contributed by atoms with van der Waals surface area (Å²) in [7, 11) is 1.58. The van der Waals surface area contributed by atoms with E-state index in [9.17, 15) is 4.79 Å². The molecule has 1 aromatic heterocycles. The van der Waals surface area contributed by atoms with Crippen LogP contribution in [0.15, 0.2) is 28.7 Å². The SMILES string of the molecule is COc1ccc(NC(=O)c2nnc(C(C)C)o2)cc1. The molecule has 0 spiro atoms. The number of carbonyl (C=O) groups excluding carboxylic acids is 1. The molecule has 2 aromatic rings. The van der Waals surface area contributed by atoms with Gasteiger partial charge in [-0.1, -0.05) is 13.8 Å². The van der Waals surface area contributed by atoms with Crippen molar-refractivity contribution in [3.05, 3.63) is 36.0 Å². The van der Waals surface area contributed by atoms with Crippen LogP contribution in [-0.2, 0) is 0 Å². The predicted molar refractivity (Wildman–Crippen MR) is 69.3 cm³/mol. The van der Waals surface area contributed by atoms with Crippen LogP contribution < -0.4 is 10.1 Å². The van der Waals surface area contributed by atoms with Crippen LogP contribution in [0.2, 0.25) is 0 Å². The number of anilines is 1. The van der Waals surface area contributed by atoms with E-state index in [0.717, 1.165) is 5.75 Å². The lowest BCUT2D eigenvalue weighted by Gasteiger charge is -2.03. The highest BCUT2D eigenvalue weighted by Gasteiger charge is 2.16. The second-order valence-corrected chi connectivity index (χ2v) is 4.28. The number of ether oxygens (including phenoxy) is 1. The van der Waals surface area contributed by atoms with Gasteiger partial charge in [-0.05, 0) is 24.3 Å². The van der Waals surface area contributed by atoms with Crippen molar-refractivity contribution in [3.63, 3.8) is 0 Å². The summed E-state index contributed by atoms with van der Waals surface area (Å²) in [5.74, 6) is 0.789. The second kappa shape index (κ2) is 5.51. The Morgan fingerprint density at radius 2 is 1.95 bits per heavy atom. The molecule has 0 unspecified atom stereocenters. The Labute approximate surface area is 110 Å². The minimum absolute atomic E-state index is 0.0421. The lowest BCUT2D eigenvalue weighted by molar-refractivity contribution is 0.0988. The standard InChI is InChI=1S/C13H15N3O3/c1-8(2)12-15-16-13(19-12)11(17)14-9-4-6-10(18-3)7-5-9/h4-8H,1-3H3,(H,14,17). The highest BCUT2D eigenvalue weighted by molar-refractivity contribution is 6.00. The van der Waals surface area contributed by atoms with Gasteiger partial charge in [-0.2, -0.15) is 0 Å². The van der Waals surface area contributed by atoms with E-state index in [1.54, 1.807) is 31.4 Å². The van der Waals surface area contributed by atoms with E-state index in [-0.39, 0.29) is 11.8 Å². The molecule has 1 heterocycles. The fraction of sp³-hybridized carbons (Fsp3) is 0.308. The van der Waals surface area contributed by atoms with Gasteiger partial charge in [0.2, 0.25) is 5.89 Å². The predicted octanol–water partition coefficient (Wildman–Crippen LogP) is 2.45. The quantitative estimate of drug-likeness (QED) is 0.914. The van der Waals surface area contributed by atoms with Gasteiger partial charge in [-0.15, -0.1) is 10.2 Å². The van der Waals surface area contributed by atoms with Crippen LogP contribution in [0.5, 0.6) is 5.75 Å². The third-order valence-corrected chi connectivity index (χ3v) is 2.48. The van der Waals surface area contributed by atoms with Crippen LogP contribution in [0.1, 0.15) is 36.3 Å². The van der Waals surface area contributed by atoms with E-state index in [1.807, 2.05) is 13.8 Å². The molecule has 0 bridgehead atoms. The molecule has 6 nitrogen and oxygen atoms in total. The fourth-order valence-electron chi connectivity index (χ4n) is 1.42. The maximum Gasteiger partial charge on any atom is 0.313 e. The van der Waals surface area contributed by atoms with Crippen LogP contribution in [0.4, 0.5) is 5.69 Å². The Bertz CT molecular complexity index is 561. The summed E-state index contributed by atoms with van der Waals surface area (Å²) in [6.45, 7) is 3.83. The van der Waals surface area contributed by atoms with E-state index in [0.29, 0.717) is 11.6 Å². The minimum Gasteiger partial charge on any atom is -0.497 e. The van der Waals surface area contributed by atoms with Crippen LogP contribution >= 0.6 is 0 Å². The third-order valence-electron chi connectivity index (χ3n) is 2.48. The molecule has 1 aromatic carbocycles. The van der Waals surface area contributed by atoms with Crippen LogP contribution in [0.3, 0.4) is 0 Å². The molecule has 0 saturated carbocycles. The highest BCUT2D eigenvalue weighted by Crippen LogP contribution is 2.16. The topological polar surface area (TPSA) is 77.2 Å². The van der Waals surface area contributed by atoms with Gasteiger partial charge in [-0.3, -0.25) is 4.79 Å². The Kier molecular flexibility index (Phi) is 3.79. The summed E-state index contributed by atoms with van der Waals surface area (Å²) in [5.41, 5.74) is 0.634. The minimum atomic E-state index is -0.426. The Balaban J connectivity index is 2.06. The van der Waals surface area contributed by atoms with Crippen LogP contribution in [0, 0.1) is 0 Å². The molecule has 0 saturated heterocycles. The molecule has 0 radical (unpaired) electrons. The van der Waals surface area contributed by atoms with E-state index in [1.165, 1.54) is 0 Å². The number of hydrogen-bond donors (Lipinski definition) is 1. The maximum absolute atomic E-state index is 11.9. The van der Waals surface area contributed by atoms with Crippen molar-refractivity contribution in [1.82, 2.24) is 10.2 Å². The molecule has 19 heavy (non-hydrogen) atoms. The molecule has 0 fully saturated rings. The zero-order valence-corrected chi connectivity index (χ0v) is 11.0. The van der Waals surface area contributed by atoms with Crippen molar-refractivity contribution >= 4 is 11.6 Å². The van der Waals surface area contributed by atoms with Crippen molar-refractivity contribution in [3.8, 4) is 5.75 Å². The number of methoxy groups -OCH3 is 1. The molecule has 100 valence electrons. The summed E-state index contributed by atoms with van der Waals surface area (Å²) in [4.78, 5) is 11.9. The van der Waals surface area contributed by atoms with Gasteiger partial charge in [-0.25, -0.2) is 0 Å². The van der Waals surface area contributed by atoms with E-state index >= 15 is 0 Å². The number of aromatic nitrogens is 2. The first kappa shape index (κ1) is 13.1. The lowest BCUT2D eigenvalue weighted by Crippen LogP contribution is -2.12. The number of nitrogens with zero attached hydrogens (tertiary/aromatic N) is 2. The monoisotopic (exact) mass is 261 g/mol. The molecule has 2 rings (SSSR count). The number of hydrogen-bond acceptors (Lipinski definition) is 5. The lowest BCUT2D eigenvalue weighted by atomic mass is 10.2. The van der Waals surface area contributed by atoms with E-state index in [4.69, 9.17) is 9.15 Å². The molecule has 6 heteroatoms. The van der Waals surface area contributed by atoms with Gasteiger partial charge in [0.15, 0.2) is 0 Å². The molecule has 1 amide bonds. The van der Waals surface area contributed by atoms with Crippen LogP contribution in [0.25, 0.3) is 0 Å². The Hall–Kier alpha value is -2.37. The first-order valence-corrected chi connectivity index (χ1v) is 5.89. The van der Waals surface area contributed by atoms with Crippen molar-refractivity contribution in [1.29, 1.82) is 0 Å². The van der Waals surface area contributed by atoms with Crippen molar-refractivity contribution in [2.45, 2.75) is 19.8 Å². The Morgan fingerprint density at radius 3 is 2.47 bits per heavy atom. The van der Waals surface area contributed by atoms with Gasteiger partial charge in [0, 0.05) is 11.6 Å². The summed E-state index contributed by atoms with van der Waals surface area (Å²) >= 11 is 0.